The zero-order chi connectivity index (χ0) is 13.7. The van der Waals surface area contributed by atoms with Crippen molar-refractivity contribution >= 4 is 15.8 Å². The Morgan fingerprint density at radius 1 is 1.44 bits per heavy atom. The highest BCUT2D eigenvalue weighted by Gasteiger charge is 2.48. The Balaban J connectivity index is 2.69. The standard InChI is InChI=1S/C12H13FO4S/c1-12(2,11(14)15)7-6-18(16,17)9-5-3-4-8(13)10(7)9/h3-5,7H,6H2,1-2H3,(H,14,15). The number of carbonyl (C=O) groups is 1. The van der Waals surface area contributed by atoms with Crippen LogP contribution in [0.2, 0.25) is 0 Å². The third-order valence-electron chi connectivity index (χ3n) is 3.50. The summed E-state index contributed by atoms with van der Waals surface area (Å²) >= 11 is 0. The maximum Gasteiger partial charge on any atom is 0.309 e. The van der Waals surface area contributed by atoms with Crippen molar-refractivity contribution in [3.05, 3.63) is 29.6 Å². The minimum Gasteiger partial charge on any atom is -0.481 e. The first-order valence-electron chi connectivity index (χ1n) is 5.42. The Morgan fingerprint density at radius 2 is 2.06 bits per heavy atom. The molecular formula is C12H13FO4S. The molecule has 0 fully saturated rings. The molecule has 6 heteroatoms. The summed E-state index contributed by atoms with van der Waals surface area (Å²) in [4.78, 5) is 11.1. The van der Waals surface area contributed by atoms with Gasteiger partial charge in [0.25, 0.3) is 0 Å². The Hall–Kier alpha value is -1.43. The van der Waals surface area contributed by atoms with E-state index in [1.807, 2.05) is 0 Å². The minimum absolute atomic E-state index is 0.00454. The van der Waals surface area contributed by atoms with Crippen molar-refractivity contribution < 1.29 is 22.7 Å². The van der Waals surface area contributed by atoms with Crippen molar-refractivity contribution in [2.45, 2.75) is 24.7 Å². The molecule has 0 aliphatic carbocycles. The van der Waals surface area contributed by atoms with E-state index in [0.717, 1.165) is 6.07 Å². The molecular weight excluding hydrogens is 259 g/mol. The van der Waals surface area contributed by atoms with Gasteiger partial charge < -0.3 is 5.11 Å². The molecule has 0 radical (unpaired) electrons. The predicted molar refractivity (Wildman–Crippen MR) is 62.6 cm³/mol. The second-order valence-electron chi connectivity index (χ2n) is 5.01. The molecule has 0 saturated heterocycles. The molecule has 0 bridgehead atoms. The quantitative estimate of drug-likeness (QED) is 0.891. The second kappa shape index (κ2) is 3.78. The number of benzene rings is 1. The molecule has 98 valence electrons. The molecule has 0 amide bonds. The van der Waals surface area contributed by atoms with Crippen LogP contribution >= 0.6 is 0 Å². The average molecular weight is 272 g/mol. The summed E-state index contributed by atoms with van der Waals surface area (Å²) in [5.41, 5.74) is -1.33. The van der Waals surface area contributed by atoms with Crippen LogP contribution in [0.4, 0.5) is 4.39 Å². The van der Waals surface area contributed by atoms with E-state index in [2.05, 4.69) is 0 Å². The van der Waals surface area contributed by atoms with Crippen LogP contribution in [0, 0.1) is 11.2 Å². The van der Waals surface area contributed by atoms with Crippen LogP contribution in [0.1, 0.15) is 25.3 Å². The number of aliphatic carboxylic acids is 1. The molecule has 1 aromatic carbocycles. The maximum absolute atomic E-state index is 13.8. The maximum atomic E-state index is 13.8. The highest BCUT2D eigenvalue weighted by molar-refractivity contribution is 7.91. The van der Waals surface area contributed by atoms with Gasteiger partial charge in [0.2, 0.25) is 0 Å². The molecule has 1 unspecified atom stereocenters. The lowest BCUT2D eigenvalue weighted by molar-refractivity contribution is -0.147. The topological polar surface area (TPSA) is 71.4 Å². The SMILES string of the molecule is CC(C)(C(=O)O)C1CS(=O)(=O)c2cccc(F)c21. The van der Waals surface area contributed by atoms with Gasteiger partial charge in [-0.1, -0.05) is 6.07 Å². The molecule has 1 aromatic rings. The van der Waals surface area contributed by atoms with Crippen LogP contribution in [0.5, 0.6) is 0 Å². The summed E-state index contributed by atoms with van der Waals surface area (Å²) < 4.78 is 37.7. The lowest BCUT2D eigenvalue weighted by atomic mass is 9.76. The fourth-order valence-electron chi connectivity index (χ4n) is 2.24. The van der Waals surface area contributed by atoms with Crippen molar-refractivity contribution in [1.29, 1.82) is 0 Å². The van der Waals surface area contributed by atoms with E-state index in [1.54, 1.807) is 0 Å². The summed E-state index contributed by atoms with van der Waals surface area (Å²) in [7, 11) is -3.60. The first-order valence-corrected chi connectivity index (χ1v) is 7.07. The third-order valence-corrected chi connectivity index (χ3v) is 5.30. The van der Waals surface area contributed by atoms with Crippen molar-refractivity contribution in [3.8, 4) is 0 Å². The molecule has 0 saturated carbocycles. The monoisotopic (exact) mass is 272 g/mol. The van der Waals surface area contributed by atoms with Crippen molar-refractivity contribution in [1.82, 2.24) is 0 Å². The molecule has 1 aliphatic rings. The van der Waals surface area contributed by atoms with Crippen molar-refractivity contribution in [2.75, 3.05) is 5.75 Å². The van der Waals surface area contributed by atoms with E-state index < -0.39 is 33.0 Å². The number of fused-ring (bicyclic) bond motifs is 1. The first-order chi connectivity index (χ1) is 8.18. The van der Waals surface area contributed by atoms with Crippen LogP contribution in [0.3, 0.4) is 0 Å². The van der Waals surface area contributed by atoms with Gasteiger partial charge in [-0.25, -0.2) is 12.8 Å². The van der Waals surface area contributed by atoms with Crippen molar-refractivity contribution in [2.24, 2.45) is 5.41 Å². The summed E-state index contributed by atoms with van der Waals surface area (Å²) in [6.45, 7) is 2.83. The molecule has 0 aromatic heterocycles. The third kappa shape index (κ3) is 1.71. The van der Waals surface area contributed by atoms with Gasteiger partial charge in [0.05, 0.1) is 16.1 Å². The van der Waals surface area contributed by atoms with Gasteiger partial charge in [-0.15, -0.1) is 0 Å². The zero-order valence-electron chi connectivity index (χ0n) is 9.97. The zero-order valence-corrected chi connectivity index (χ0v) is 10.8. The van der Waals surface area contributed by atoms with E-state index in [1.165, 1.54) is 26.0 Å². The molecule has 1 heterocycles. The van der Waals surface area contributed by atoms with E-state index in [9.17, 15) is 22.7 Å². The number of carboxylic acid groups (broad SMARTS) is 1. The molecule has 1 atom stereocenters. The summed E-state index contributed by atoms with van der Waals surface area (Å²) in [5, 5.41) is 9.17. The number of halogens is 1. The smallest absolute Gasteiger partial charge is 0.309 e. The van der Waals surface area contributed by atoms with E-state index in [0.29, 0.717) is 0 Å². The number of sulfone groups is 1. The fraction of sp³-hybridized carbons (Fsp3) is 0.417. The van der Waals surface area contributed by atoms with Crippen LogP contribution in [0.15, 0.2) is 23.1 Å². The predicted octanol–water partition coefficient (Wildman–Crippen LogP) is 1.81. The molecule has 1 N–H and O–H groups in total. The van der Waals surface area contributed by atoms with Gasteiger partial charge in [0, 0.05) is 11.5 Å². The Bertz CT molecular complexity index is 619. The molecule has 0 spiro atoms. The highest BCUT2D eigenvalue weighted by Crippen LogP contribution is 2.46. The van der Waals surface area contributed by atoms with Gasteiger partial charge >= 0.3 is 5.97 Å². The van der Waals surface area contributed by atoms with Gasteiger partial charge in [0.15, 0.2) is 9.84 Å². The Labute approximate surface area is 104 Å². The average Bonchev–Trinajstić information content (AvgIpc) is 2.53. The molecule has 2 rings (SSSR count). The van der Waals surface area contributed by atoms with Gasteiger partial charge in [-0.2, -0.15) is 0 Å². The first kappa shape index (κ1) is 13.0. The molecule has 18 heavy (non-hydrogen) atoms. The highest BCUT2D eigenvalue weighted by atomic mass is 32.2. The summed E-state index contributed by atoms with van der Waals surface area (Å²) in [5.74, 6) is -3.02. The lowest BCUT2D eigenvalue weighted by Gasteiger charge is -2.26. The second-order valence-corrected chi connectivity index (χ2v) is 7.02. The number of rotatable bonds is 2. The normalized spacial score (nSPS) is 21.6. The van der Waals surface area contributed by atoms with Crippen LogP contribution in [-0.2, 0) is 14.6 Å². The fourth-order valence-corrected chi connectivity index (χ4v) is 4.30. The van der Waals surface area contributed by atoms with Crippen LogP contribution in [0.25, 0.3) is 0 Å². The summed E-state index contributed by atoms with van der Waals surface area (Å²) in [6, 6.07) is 3.80. The summed E-state index contributed by atoms with van der Waals surface area (Å²) in [6.07, 6.45) is 0. The van der Waals surface area contributed by atoms with Gasteiger partial charge in [0.1, 0.15) is 5.82 Å². The Kier molecular flexibility index (Phi) is 2.73. The van der Waals surface area contributed by atoms with Crippen molar-refractivity contribution in [3.63, 3.8) is 0 Å². The van der Waals surface area contributed by atoms with Crippen LogP contribution in [-0.4, -0.2) is 25.2 Å². The lowest BCUT2D eigenvalue weighted by Crippen LogP contribution is -2.32. The number of hydrogen-bond donors (Lipinski definition) is 1. The van der Waals surface area contributed by atoms with E-state index >= 15 is 0 Å². The van der Waals surface area contributed by atoms with Gasteiger partial charge in [-0.05, 0) is 26.0 Å². The minimum atomic E-state index is -3.60. The van der Waals surface area contributed by atoms with Gasteiger partial charge in [-0.3, -0.25) is 4.79 Å². The van der Waals surface area contributed by atoms with Crippen LogP contribution < -0.4 is 0 Å². The van der Waals surface area contributed by atoms with E-state index in [-0.39, 0.29) is 16.2 Å². The largest absolute Gasteiger partial charge is 0.481 e. The Morgan fingerprint density at radius 3 is 2.61 bits per heavy atom. The van der Waals surface area contributed by atoms with E-state index in [4.69, 9.17) is 0 Å². The molecule has 4 nitrogen and oxygen atoms in total. The number of carboxylic acids is 1. The number of hydrogen-bond acceptors (Lipinski definition) is 3. The molecule has 1 aliphatic heterocycles.